The Morgan fingerprint density at radius 2 is 1.73 bits per heavy atom. The smallest absolute Gasteiger partial charge is 0.291 e. The maximum atomic E-state index is 13.0. The Morgan fingerprint density at radius 3 is 2.46 bits per heavy atom. The number of nitrogens with one attached hydrogen (secondary N) is 2. The number of aromatic amines is 1. The average molecular weight is 358 g/mol. The van der Waals surface area contributed by atoms with E-state index in [9.17, 15) is 18.0 Å². The van der Waals surface area contributed by atoms with Crippen LogP contribution in [0.3, 0.4) is 0 Å². The molecule has 0 aliphatic carbocycles. The van der Waals surface area contributed by atoms with Gasteiger partial charge in [0.25, 0.3) is 5.56 Å². The third kappa shape index (κ3) is 4.15. The van der Waals surface area contributed by atoms with Crippen LogP contribution in [0, 0.1) is 0 Å². The summed E-state index contributed by atoms with van der Waals surface area (Å²) in [5, 5.41) is 3.75. The van der Waals surface area contributed by atoms with Gasteiger partial charge in [-0.15, -0.1) is 0 Å². The van der Waals surface area contributed by atoms with Gasteiger partial charge in [0.1, 0.15) is 0 Å². The van der Waals surface area contributed by atoms with E-state index in [2.05, 4.69) is 20.5 Å². The molecule has 132 valence electrons. The van der Waals surface area contributed by atoms with Gasteiger partial charge < -0.3 is 0 Å². The lowest BCUT2D eigenvalue weighted by Crippen LogP contribution is -2.11. The number of nitrogens with zero attached hydrogens (tertiary/aromatic N) is 2. The van der Waals surface area contributed by atoms with E-state index in [1.807, 2.05) is 6.07 Å². The zero-order chi connectivity index (χ0) is 18.6. The SMILES string of the molecule is O=c1cc(-c2ccccc2)nc(N/N=C\c2ccccc2C(F)(F)F)[nH]1. The van der Waals surface area contributed by atoms with Crippen molar-refractivity contribution < 1.29 is 13.2 Å². The number of halogens is 3. The Balaban J connectivity index is 1.84. The Labute approximate surface area is 146 Å². The molecule has 0 aliphatic heterocycles. The number of aromatic nitrogens is 2. The molecule has 0 saturated heterocycles. The molecule has 0 aliphatic rings. The number of benzene rings is 2. The van der Waals surface area contributed by atoms with Gasteiger partial charge in [-0.2, -0.15) is 18.3 Å². The molecule has 0 radical (unpaired) electrons. The van der Waals surface area contributed by atoms with Crippen LogP contribution >= 0.6 is 0 Å². The Morgan fingerprint density at radius 1 is 1.04 bits per heavy atom. The van der Waals surface area contributed by atoms with E-state index in [4.69, 9.17) is 0 Å². The van der Waals surface area contributed by atoms with E-state index < -0.39 is 17.3 Å². The van der Waals surface area contributed by atoms with Crippen LogP contribution in [0.4, 0.5) is 19.1 Å². The molecular weight excluding hydrogens is 345 g/mol. The van der Waals surface area contributed by atoms with E-state index in [1.54, 1.807) is 24.3 Å². The van der Waals surface area contributed by atoms with Crippen LogP contribution < -0.4 is 11.0 Å². The van der Waals surface area contributed by atoms with Gasteiger partial charge in [-0.05, 0) is 6.07 Å². The Bertz CT molecular complexity index is 981. The normalized spacial score (nSPS) is 11.7. The van der Waals surface area contributed by atoms with Crippen LogP contribution in [-0.4, -0.2) is 16.2 Å². The number of rotatable bonds is 4. The van der Waals surface area contributed by atoms with E-state index in [0.29, 0.717) is 5.69 Å². The van der Waals surface area contributed by atoms with Crippen molar-refractivity contribution in [2.24, 2.45) is 5.10 Å². The summed E-state index contributed by atoms with van der Waals surface area (Å²) in [6, 6.07) is 15.4. The molecule has 0 saturated carbocycles. The first-order valence-corrected chi connectivity index (χ1v) is 7.55. The molecule has 3 aromatic rings. The molecule has 0 spiro atoms. The van der Waals surface area contributed by atoms with Gasteiger partial charge in [-0.3, -0.25) is 9.78 Å². The molecule has 1 heterocycles. The monoisotopic (exact) mass is 358 g/mol. The summed E-state index contributed by atoms with van der Waals surface area (Å²) in [6.07, 6.45) is -3.46. The number of H-pyrrole nitrogens is 1. The average Bonchev–Trinajstić information content (AvgIpc) is 2.62. The lowest BCUT2D eigenvalue weighted by molar-refractivity contribution is -0.137. The summed E-state index contributed by atoms with van der Waals surface area (Å²) in [7, 11) is 0. The van der Waals surface area contributed by atoms with Gasteiger partial charge in [-0.1, -0.05) is 48.5 Å². The summed E-state index contributed by atoms with van der Waals surface area (Å²) in [6.45, 7) is 0. The second-order valence-electron chi connectivity index (χ2n) is 5.30. The first-order chi connectivity index (χ1) is 12.4. The minimum atomic E-state index is -4.48. The van der Waals surface area contributed by atoms with Gasteiger partial charge in [-0.25, -0.2) is 10.4 Å². The number of hydrazone groups is 1. The first-order valence-electron chi connectivity index (χ1n) is 7.55. The molecule has 2 N–H and O–H groups in total. The van der Waals surface area contributed by atoms with Crippen LogP contribution in [0.2, 0.25) is 0 Å². The minimum Gasteiger partial charge on any atom is -0.291 e. The molecule has 26 heavy (non-hydrogen) atoms. The third-order valence-electron chi connectivity index (χ3n) is 3.45. The van der Waals surface area contributed by atoms with Crippen molar-refractivity contribution in [1.82, 2.24) is 9.97 Å². The number of hydrogen-bond donors (Lipinski definition) is 2. The third-order valence-corrected chi connectivity index (χ3v) is 3.45. The van der Waals surface area contributed by atoms with Gasteiger partial charge >= 0.3 is 6.18 Å². The lowest BCUT2D eigenvalue weighted by Gasteiger charge is -2.09. The molecule has 3 rings (SSSR count). The second kappa shape index (κ2) is 7.22. The van der Waals surface area contributed by atoms with Crippen LogP contribution in [0.15, 0.2) is 70.6 Å². The maximum Gasteiger partial charge on any atom is 0.417 e. The molecule has 5 nitrogen and oxygen atoms in total. The Hall–Kier alpha value is -3.42. The second-order valence-corrected chi connectivity index (χ2v) is 5.30. The fourth-order valence-corrected chi connectivity index (χ4v) is 2.30. The van der Waals surface area contributed by atoms with Crippen molar-refractivity contribution in [1.29, 1.82) is 0 Å². The van der Waals surface area contributed by atoms with Crippen LogP contribution in [-0.2, 0) is 6.18 Å². The van der Waals surface area contributed by atoms with Crippen molar-refractivity contribution in [3.8, 4) is 11.3 Å². The molecular formula is C18H13F3N4O. The highest BCUT2D eigenvalue weighted by atomic mass is 19.4. The summed E-state index contributed by atoms with van der Waals surface area (Å²) in [4.78, 5) is 18.4. The van der Waals surface area contributed by atoms with Gasteiger partial charge in [0.05, 0.1) is 17.5 Å². The standard InChI is InChI=1S/C18H13F3N4O/c19-18(20,21)14-9-5-4-8-13(14)11-22-25-17-23-15(10-16(26)24-17)12-6-2-1-3-7-12/h1-11H,(H2,23,24,25,26)/b22-11-. The molecule has 0 unspecified atom stereocenters. The molecule has 0 fully saturated rings. The molecule has 2 aromatic carbocycles. The summed E-state index contributed by atoms with van der Waals surface area (Å²) < 4.78 is 38.9. The highest BCUT2D eigenvalue weighted by molar-refractivity contribution is 5.82. The fraction of sp³-hybridized carbons (Fsp3) is 0.0556. The van der Waals surface area contributed by atoms with Gasteiger partial charge in [0, 0.05) is 17.2 Å². The zero-order valence-corrected chi connectivity index (χ0v) is 13.3. The van der Waals surface area contributed by atoms with Crippen molar-refractivity contribution in [2.45, 2.75) is 6.18 Å². The predicted molar refractivity (Wildman–Crippen MR) is 93.0 cm³/mol. The predicted octanol–water partition coefficient (Wildman–Crippen LogP) is 3.90. The van der Waals surface area contributed by atoms with Crippen molar-refractivity contribution in [2.75, 3.05) is 5.43 Å². The quantitative estimate of drug-likeness (QED) is 0.549. The topological polar surface area (TPSA) is 70.1 Å². The van der Waals surface area contributed by atoms with Crippen molar-refractivity contribution >= 4 is 12.2 Å². The molecule has 8 heteroatoms. The largest absolute Gasteiger partial charge is 0.417 e. The van der Waals surface area contributed by atoms with Crippen molar-refractivity contribution in [3.63, 3.8) is 0 Å². The van der Waals surface area contributed by atoms with E-state index >= 15 is 0 Å². The number of anilines is 1. The molecule has 0 atom stereocenters. The summed E-state index contributed by atoms with van der Waals surface area (Å²) in [5.41, 5.74) is 2.29. The molecule has 0 amide bonds. The van der Waals surface area contributed by atoms with Crippen LogP contribution in [0.5, 0.6) is 0 Å². The number of hydrogen-bond acceptors (Lipinski definition) is 4. The van der Waals surface area contributed by atoms with Crippen molar-refractivity contribution in [3.05, 3.63) is 82.1 Å². The van der Waals surface area contributed by atoms with Gasteiger partial charge in [0.15, 0.2) is 0 Å². The fourth-order valence-electron chi connectivity index (χ4n) is 2.30. The highest BCUT2D eigenvalue weighted by Gasteiger charge is 2.32. The first kappa shape index (κ1) is 17.4. The minimum absolute atomic E-state index is 0.0251. The molecule has 0 bridgehead atoms. The van der Waals surface area contributed by atoms with E-state index in [-0.39, 0.29) is 11.5 Å². The highest BCUT2D eigenvalue weighted by Crippen LogP contribution is 2.31. The lowest BCUT2D eigenvalue weighted by atomic mass is 10.1. The van der Waals surface area contributed by atoms with E-state index in [0.717, 1.165) is 17.8 Å². The summed E-state index contributed by atoms with van der Waals surface area (Å²) >= 11 is 0. The van der Waals surface area contributed by atoms with Crippen LogP contribution in [0.1, 0.15) is 11.1 Å². The van der Waals surface area contributed by atoms with Gasteiger partial charge in [0.2, 0.25) is 5.95 Å². The number of alkyl halides is 3. The zero-order valence-electron chi connectivity index (χ0n) is 13.3. The van der Waals surface area contributed by atoms with Crippen LogP contribution in [0.25, 0.3) is 11.3 Å². The molecule has 1 aromatic heterocycles. The van der Waals surface area contributed by atoms with E-state index in [1.165, 1.54) is 24.3 Å². The summed E-state index contributed by atoms with van der Waals surface area (Å²) in [5.74, 6) is 0.0251. The Kier molecular flexibility index (Phi) is 4.83. The maximum absolute atomic E-state index is 13.0.